The summed E-state index contributed by atoms with van der Waals surface area (Å²) in [4.78, 5) is 37.9. The van der Waals surface area contributed by atoms with Crippen molar-refractivity contribution in [3.63, 3.8) is 0 Å². The number of ether oxygens (including phenoxy) is 3. The van der Waals surface area contributed by atoms with Crippen molar-refractivity contribution in [2.24, 2.45) is 0 Å². The summed E-state index contributed by atoms with van der Waals surface area (Å²) < 4.78 is 16.7. The maximum Gasteiger partial charge on any atom is 0.306 e. The van der Waals surface area contributed by atoms with Gasteiger partial charge in [-0.3, -0.25) is 14.4 Å². The van der Waals surface area contributed by atoms with Crippen molar-refractivity contribution in [2.75, 3.05) is 13.2 Å². The van der Waals surface area contributed by atoms with E-state index in [1.807, 2.05) is 0 Å². The monoisotopic (exact) mass is 891 g/mol. The van der Waals surface area contributed by atoms with Crippen LogP contribution in [-0.2, 0) is 28.6 Å². The molecule has 0 rings (SSSR count). The Labute approximate surface area is 395 Å². The standard InChI is InChI=1S/C58H98O6/c1-4-7-10-13-16-19-21-23-25-27-29-31-32-34-36-39-42-45-48-51-57(60)63-54-55(53-62-56(59)50-47-44-41-38-18-15-12-9-6-3)64-58(61)52-49-46-43-40-37-35-33-30-28-26-24-22-20-17-14-11-8-5-2/h7,10,16,19,23,25,29-31,33-34,36,38,41,55H,4-6,8-9,11-15,17-18,20-22,24,26-28,32,35,37,39-40,42-54H2,1-3H3/b10-7-,19-16-,25-23-,31-29-,33-30-,36-34-,41-38-. The number of esters is 3. The Balaban J connectivity index is 4.41. The molecule has 0 spiro atoms. The van der Waals surface area contributed by atoms with E-state index in [0.29, 0.717) is 25.7 Å². The van der Waals surface area contributed by atoms with Crippen LogP contribution in [0.5, 0.6) is 0 Å². The van der Waals surface area contributed by atoms with E-state index in [4.69, 9.17) is 14.2 Å². The van der Waals surface area contributed by atoms with Gasteiger partial charge in [0, 0.05) is 19.3 Å². The minimum absolute atomic E-state index is 0.106. The van der Waals surface area contributed by atoms with E-state index in [9.17, 15) is 14.4 Å². The van der Waals surface area contributed by atoms with Crippen molar-refractivity contribution in [1.29, 1.82) is 0 Å². The summed E-state index contributed by atoms with van der Waals surface area (Å²) in [6.07, 6.45) is 67.3. The third-order valence-corrected chi connectivity index (χ3v) is 11.1. The van der Waals surface area contributed by atoms with Crippen molar-refractivity contribution in [3.8, 4) is 0 Å². The van der Waals surface area contributed by atoms with E-state index in [-0.39, 0.29) is 31.1 Å². The molecule has 0 aromatic rings. The van der Waals surface area contributed by atoms with Gasteiger partial charge in [-0.25, -0.2) is 0 Å². The molecule has 0 radical (unpaired) electrons. The Hall–Kier alpha value is -3.41. The Morgan fingerprint density at radius 3 is 1.06 bits per heavy atom. The molecule has 64 heavy (non-hydrogen) atoms. The van der Waals surface area contributed by atoms with Gasteiger partial charge in [0.1, 0.15) is 13.2 Å². The van der Waals surface area contributed by atoms with Crippen LogP contribution in [0.2, 0.25) is 0 Å². The quantitative estimate of drug-likeness (QED) is 0.0262. The van der Waals surface area contributed by atoms with E-state index < -0.39 is 6.10 Å². The zero-order valence-corrected chi connectivity index (χ0v) is 41.8. The van der Waals surface area contributed by atoms with Gasteiger partial charge in [0.15, 0.2) is 6.10 Å². The van der Waals surface area contributed by atoms with Crippen LogP contribution in [0.25, 0.3) is 0 Å². The number of unbranched alkanes of at least 4 members (excludes halogenated alkanes) is 22. The van der Waals surface area contributed by atoms with Gasteiger partial charge in [-0.05, 0) is 109 Å². The predicted molar refractivity (Wildman–Crippen MR) is 274 cm³/mol. The second-order valence-corrected chi connectivity index (χ2v) is 17.4. The van der Waals surface area contributed by atoms with E-state index in [0.717, 1.165) is 103 Å². The van der Waals surface area contributed by atoms with Crippen molar-refractivity contribution < 1.29 is 28.6 Å². The summed E-state index contributed by atoms with van der Waals surface area (Å²) in [6, 6.07) is 0. The molecule has 6 heteroatoms. The predicted octanol–water partition coefficient (Wildman–Crippen LogP) is 17.6. The van der Waals surface area contributed by atoms with Crippen LogP contribution in [-0.4, -0.2) is 37.2 Å². The third-order valence-electron chi connectivity index (χ3n) is 11.1. The molecule has 0 N–H and O–H groups in total. The molecule has 0 fully saturated rings. The number of allylic oxidation sites excluding steroid dienone is 14. The number of rotatable bonds is 47. The summed E-state index contributed by atoms with van der Waals surface area (Å²) in [5.41, 5.74) is 0. The first-order valence-corrected chi connectivity index (χ1v) is 26.6. The lowest BCUT2D eigenvalue weighted by Crippen LogP contribution is -2.30. The van der Waals surface area contributed by atoms with E-state index in [1.54, 1.807) is 0 Å². The van der Waals surface area contributed by atoms with Gasteiger partial charge in [0.25, 0.3) is 0 Å². The molecule has 0 saturated carbocycles. The lowest BCUT2D eigenvalue weighted by Gasteiger charge is -2.18. The highest BCUT2D eigenvalue weighted by Gasteiger charge is 2.19. The molecule has 0 aliphatic rings. The van der Waals surface area contributed by atoms with Gasteiger partial charge in [0.05, 0.1) is 0 Å². The fourth-order valence-corrected chi connectivity index (χ4v) is 7.11. The fourth-order valence-electron chi connectivity index (χ4n) is 7.11. The highest BCUT2D eigenvalue weighted by atomic mass is 16.6. The van der Waals surface area contributed by atoms with Crippen LogP contribution in [0.15, 0.2) is 85.1 Å². The molecule has 6 nitrogen and oxygen atoms in total. The minimum Gasteiger partial charge on any atom is -0.462 e. The highest BCUT2D eigenvalue weighted by Crippen LogP contribution is 2.14. The summed E-state index contributed by atoms with van der Waals surface area (Å²) >= 11 is 0. The van der Waals surface area contributed by atoms with Crippen LogP contribution in [0.1, 0.15) is 245 Å². The van der Waals surface area contributed by atoms with Crippen molar-refractivity contribution in [2.45, 2.75) is 252 Å². The Bertz CT molecular complexity index is 1250. The molecule has 0 aromatic carbocycles. The summed E-state index contributed by atoms with van der Waals surface area (Å²) in [5.74, 6) is -0.979. The zero-order valence-electron chi connectivity index (χ0n) is 41.8. The van der Waals surface area contributed by atoms with Crippen LogP contribution in [0, 0.1) is 0 Å². The number of hydrogen-bond donors (Lipinski definition) is 0. The molecule has 0 saturated heterocycles. The summed E-state index contributed by atoms with van der Waals surface area (Å²) in [6.45, 7) is 6.43. The molecule has 0 bridgehead atoms. The molecule has 0 amide bonds. The average Bonchev–Trinajstić information content (AvgIpc) is 3.29. The van der Waals surface area contributed by atoms with Gasteiger partial charge < -0.3 is 14.2 Å². The molecule has 0 heterocycles. The average molecular weight is 891 g/mol. The maximum atomic E-state index is 12.8. The smallest absolute Gasteiger partial charge is 0.306 e. The normalized spacial score (nSPS) is 12.7. The first kappa shape index (κ1) is 60.6. The number of hydrogen-bond acceptors (Lipinski definition) is 6. The second kappa shape index (κ2) is 52.2. The van der Waals surface area contributed by atoms with Crippen molar-refractivity contribution in [1.82, 2.24) is 0 Å². The lowest BCUT2D eigenvalue weighted by atomic mass is 10.1. The van der Waals surface area contributed by atoms with Crippen LogP contribution >= 0.6 is 0 Å². The minimum atomic E-state index is -0.805. The highest BCUT2D eigenvalue weighted by molar-refractivity contribution is 5.71. The van der Waals surface area contributed by atoms with E-state index >= 15 is 0 Å². The SMILES string of the molecule is CC/C=C\C/C=C\C/C=C\C/C=C\C/C=C\CCCCCC(=O)OCC(COC(=O)CCC/C=C\CCCCCC)OC(=O)CCCCCCC/C=C\CCCCCCCCCCC. The number of carbonyl (C=O) groups is 3. The Morgan fingerprint density at radius 1 is 0.328 bits per heavy atom. The van der Waals surface area contributed by atoms with E-state index in [1.165, 1.54) is 96.3 Å². The second-order valence-electron chi connectivity index (χ2n) is 17.4. The first-order chi connectivity index (χ1) is 31.5. The summed E-state index contributed by atoms with van der Waals surface area (Å²) in [7, 11) is 0. The Morgan fingerprint density at radius 2 is 0.625 bits per heavy atom. The van der Waals surface area contributed by atoms with Gasteiger partial charge in [-0.2, -0.15) is 0 Å². The Kier molecular flexibility index (Phi) is 49.4. The molecule has 1 unspecified atom stereocenters. The number of carbonyl (C=O) groups excluding carboxylic acids is 3. The molecule has 1 atom stereocenters. The molecule has 0 aliphatic carbocycles. The van der Waals surface area contributed by atoms with E-state index in [2.05, 4.69) is 106 Å². The fraction of sp³-hybridized carbons (Fsp3) is 0.707. The largest absolute Gasteiger partial charge is 0.462 e. The maximum absolute atomic E-state index is 12.8. The van der Waals surface area contributed by atoms with Crippen LogP contribution < -0.4 is 0 Å². The van der Waals surface area contributed by atoms with Crippen LogP contribution in [0.3, 0.4) is 0 Å². The first-order valence-electron chi connectivity index (χ1n) is 26.6. The van der Waals surface area contributed by atoms with Gasteiger partial charge in [-0.1, -0.05) is 202 Å². The van der Waals surface area contributed by atoms with Gasteiger partial charge in [-0.15, -0.1) is 0 Å². The lowest BCUT2D eigenvalue weighted by molar-refractivity contribution is -0.167. The summed E-state index contributed by atoms with van der Waals surface area (Å²) in [5, 5.41) is 0. The molecule has 0 aliphatic heterocycles. The third kappa shape index (κ3) is 49.6. The molecule has 366 valence electrons. The van der Waals surface area contributed by atoms with Gasteiger partial charge in [0.2, 0.25) is 0 Å². The van der Waals surface area contributed by atoms with Crippen LogP contribution in [0.4, 0.5) is 0 Å². The zero-order chi connectivity index (χ0) is 46.5. The molecular formula is C58H98O6. The molecule has 0 aromatic heterocycles. The van der Waals surface area contributed by atoms with Crippen molar-refractivity contribution >= 4 is 17.9 Å². The van der Waals surface area contributed by atoms with Gasteiger partial charge >= 0.3 is 17.9 Å². The van der Waals surface area contributed by atoms with Crippen molar-refractivity contribution in [3.05, 3.63) is 85.1 Å². The topological polar surface area (TPSA) is 78.9 Å². The molecular weight excluding hydrogens is 793 g/mol.